The summed E-state index contributed by atoms with van der Waals surface area (Å²) in [5.74, 6) is 0.562. The van der Waals surface area contributed by atoms with Crippen molar-refractivity contribution in [3.05, 3.63) is 11.9 Å². The van der Waals surface area contributed by atoms with Crippen LogP contribution in [0.3, 0.4) is 0 Å². The number of hydrogen-bond acceptors (Lipinski definition) is 5. The fourth-order valence-corrected chi connectivity index (χ4v) is 3.09. The van der Waals surface area contributed by atoms with Crippen molar-refractivity contribution in [2.24, 2.45) is 5.92 Å². The van der Waals surface area contributed by atoms with Gasteiger partial charge in [-0.3, -0.25) is 0 Å². The highest BCUT2D eigenvalue weighted by molar-refractivity contribution is 5.85. The number of hydrogen-bond donors (Lipinski definition) is 1. The number of ether oxygens (including phenoxy) is 1. The predicted molar refractivity (Wildman–Crippen MR) is 77.9 cm³/mol. The number of rotatable bonds is 5. The summed E-state index contributed by atoms with van der Waals surface area (Å²) < 4.78 is 5.85. The SMILES string of the molecule is O=C(O)c1cnc(N2CCCC2)c(OCC2CCCC2)n1. The average molecular weight is 291 g/mol. The maximum Gasteiger partial charge on any atom is 0.356 e. The van der Waals surface area contributed by atoms with Crippen molar-refractivity contribution in [2.45, 2.75) is 38.5 Å². The minimum Gasteiger partial charge on any atom is -0.476 e. The summed E-state index contributed by atoms with van der Waals surface area (Å²) in [5, 5.41) is 9.07. The molecule has 114 valence electrons. The molecule has 1 saturated carbocycles. The van der Waals surface area contributed by atoms with Crippen LogP contribution in [0, 0.1) is 5.92 Å². The molecule has 1 aromatic rings. The molecule has 6 nitrogen and oxygen atoms in total. The summed E-state index contributed by atoms with van der Waals surface area (Å²) in [5.41, 5.74) is -0.0561. The topological polar surface area (TPSA) is 75.5 Å². The normalized spacial score (nSPS) is 19.1. The molecule has 0 radical (unpaired) electrons. The lowest BCUT2D eigenvalue weighted by Crippen LogP contribution is -2.22. The largest absolute Gasteiger partial charge is 0.476 e. The van der Waals surface area contributed by atoms with Crippen LogP contribution in [-0.4, -0.2) is 40.7 Å². The first-order chi connectivity index (χ1) is 10.2. The Bertz CT molecular complexity index is 509. The second kappa shape index (κ2) is 6.28. The van der Waals surface area contributed by atoms with E-state index in [1.165, 1.54) is 31.9 Å². The first kappa shape index (κ1) is 14.1. The highest BCUT2D eigenvalue weighted by Crippen LogP contribution is 2.30. The van der Waals surface area contributed by atoms with Gasteiger partial charge in [-0.15, -0.1) is 0 Å². The number of carboxylic acids is 1. The average Bonchev–Trinajstić information content (AvgIpc) is 3.18. The molecule has 1 aromatic heterocycles. The van der Waals surface area contributed by atoms with Crippen molar-refractivity contribution in [3.8, 4) is 5.88 Å². The summed E-state index contributed by atoms with van der Waals surface area (Å²) in [4.78, 5) is 21.6. The van der Waals surface area contributed by atoms with Crippen LogP contribution in [0.25, 0.3) is 0 Å². The number of nitrogens with zero attached hydrogens (tertiary/aromatic N) is 3. The molecule has 1 aliphatic heterocycles. The molecule has 0 unspecified atom stereocenters. The molecule has 1 saturated heterocycles. The Balaban J connectivity index is 1.78. The van der Waals surface area contributed by atoms with Gasteiger partial charge in [0, 0.05) is 13.1 Å². The van der Waals surface area contributed by atoms with Gasteiger partial charge < -0.3 is 14.7 Å². The predicted octanol–water partition coefficient (Wildman–Crippen LogP) is 2.34. The molecule has 0 amide bonds. The fraction of sp³-hybridized carbons (Fsp3) is 0.667. The first-order valence-corrected chi connectivity index (χ1v) is 7.72. The Morgan fingerprint density at radius 2 is 2.00 bits per heavy atom. The summed E-state index contributed by atoms with van der Waals surface area (Å²) in [6, 6.07) is 0. The first-order valence-electron chi connectivity index (χ1n) is 7.72. The minimum atomic E-state index is -1.07. The number of aromatic carboxylic acids is 1. The molecule has 6 heteroatoms. The zero-order valence-corrected chi connectivity index (χ0v) is 12.1. The van der Waals surface area contributed by atoms with Gasteiger partial charge in [0.05, 0.1) is 12.8 Å². The fourth-order valence-electron chi connectivity index (χ4n) is 3.09. The van der Waals surface area contributed by atoms with Gasteiger partial charge in [-0.25, -0.2) is 14.8 Å². The van der Waals surface area contributed by atoms with Crippen LogP contribution < -0.4 is 9.64 Å². The standard InChI is InChI=1S/C15H21N3O3/c19-15(20)12-9-16-13(18-7-3-4-8-18)14(17-12)21-10-11-5-1-2-6-11/h9,11H,1-8,10H2,(H,19,20). The maximum absolute atomic E-state index is 11.1. The third-order valence-electron chi connectivity index (χ3n) is 4.28. The van der Waals surface area contributed by atoms with E-state index >= 15 is 0 Å². The van der Waals surface area contributed by atoms with E-state index in [1.807, 2.05) is 0 Å². The van der Waals surface area contributed by atoms with E-state index in [0.29, 0.717) is 24.2 Å². The number of anilines is 1. The molecule has 1 N–H and O–H groups in total. The van der Waals surface area contributed by atoms with Gasteiger partial charge in [-0.2, -0.15) is 0 Å². The molecule has 0 spiro atoms. The van der Waals surface area contributed by atoms with E-state index in [1.54, 1.807) is 0 Å². The Morgan fingerprint density at radius 3 is 2.67 bits per heavy atom. The summed E-state index contributed by atoms with van der Waals surface area (Å²) >= 11 is 0. The molecule has 3 rings (SSSR count). The maximum atomic E-state index is 11.1. The molecule has 2 fully saturated rings. The van der Waals surface area contributed by atoms with Crippen molar-refractivity contribution in [2.75, 3.05) is 24.6 Å². The molecular formula is C15H21N3O3. The molecule has 2 aliphatic rings. The van der Waals surface area contributed by atoms with Crippen LogP contribution in [0.15, 0.2) is 6.20 Å². The van der Waals surface area contributed by atoms with Crippen LogP contribution >= 0.6 is 0 Å². The van der Waals surface area contributed by atoms with Crippen LogP contribution in [-0.2, 0) is 0 Å². The minimum absolute atomic E-state index is 0.0561. The van der Waals surface area contributed by atoms with Crippen LogP contribution in [0.4, 0.5) is 5.82 Å². The van der Waals surface area contributed by atoms with Crippen molar-refractivity contribution >= 4 is 11.8 Å². The van der Waals surface area contributed by atoms with E-state index < -0.39 is 5.97 Å². The zero-order chi connectivity index (χ0) is 14.7. The Morgan fingerprint density at radius 1 is 1.29 bits per heavy atom. The van der Waals surface area contributed by atoms with Gasteiger partial charge in [0.25, 0.3) is 5.88 Å². The lowest BCUT2D eigenvalue weighted by molar-refractivity contribution is 0.0688. The quantitative estimate of drug-likeness (QED) is 0.897. The lowest BCUT2D eigenvalue weighted by atomic mass is 10.1. The van der Waals surface area contributed by atoms with E-state index in [-0.39, 0.29) is 5.69 Å². The molecule has 0 atom stereocenters. The van der Waals surface area contributed by atoms with Crippen molar-refractivity contribution in [1.82, 2.24) is 9.97 Å². The van der Waals surface area contributed by atoms with E-state index in [2.05, 4.69) is 14.9 Å². The lowest BCUT2D eigenvalue weighted by Gasteiger charge is -2.20. The van der Waals surface area contributed by atoms with E-state index in [4.69, 9.17) is 9.84 Å². The van der Waals surface area contributed by atoms with Gasteiger partial charge in [0.2, 0.25) is 0 Å². The summed E-state index contributed by atoms with van der Waals surface area (Å²) in [6.45, 7) is 2.47. The van der Waals surface area contributed by atoms with Gasteiger partial charge in [0.1, 0.15) is 0 Å². The van der Waals surface area contributed by atoms with Crippen molar-refractivity contribution in [1.29, 1.82) is 0 Å². The third kappa shape index (κ3) is 3.25. The van der Waals surface area contributed by atoms with Crippen LogP contribution in [0.5, 0.6) is 5.88 Å². The van der Waals surface area contributed by atoms with E-state index in [9.17, 15) is 4.79 Å². The van der Waals surface area contributed by atoms with Crippen molar-refractivity contribution < 1.29 is 14.6 Å². The number of carboxylic acid groups (broad SMARTS) is 1. The zero-order valence-electron chi connectivity index (χ0n) is 12.1. The van der Waals surface area contributed by atoms with Crippen LogP contribution in [0.2, 0.25) is 0 Å². The number of aromatic nitrogens is 2. The molecule has 0 bridgehead atoms. The van der Waals surface area contributed by atoms with Crippen LogP contribution in [0.1, 0.15) is 49.0 Å². The number of carbonyl (C=O) groups is 1. The monoisotopic (exact) mass is 291 g/mol. The highest BCUT2D eigenvalue weighted by atomic mass is 16.5. The van der Waals surface area contributed by atoms with Gasteiger partial charge >= 0.3 is 5.97 Å². The second-order valence-corrected chi connectivity index (χ2v) is 5.84. The van der Waals surface area contributed by atoms with Gasteiger partial charge in [-0.1, -0.05) is 12.8 Å². The molecular weight excluding hydrogens is 270 g/mol. The Kier molecular flexibility index (Phi) is 4.22. The molecule has 0 aromatic carbocycles. The third-order valence-corrected chi connectivity index (χ3v) is 4.28. The Hall–Kier alpha value is -1.85. The van der Waals surface area contributed by atoms with E-state index in [0.717, 1.165) is 25.9 Å². The van der Waals surface area contributed by atoms with Crippen molar-refractivity contribution in [3.63, 3.8) is 0 Å². The second-order valence-electron chi connectivity index (χ2n) is 5.84. The Labute approximate surface area is 124 Å². The molecule has 2 heterocycles. The molecule has 1 aliphatic carbocycles. The summed E-state index contributed by atoms with van der Waals surface area (Å²) in [7, 11) is 0. The summed E-state index contributed by atoms with van der Waals surface area (Å²) in [6.07, 6.45) is 8.46. The molecule has 21 heavy (non-hydrogen) atoms. The smallest absolute Gasteiger partial charge is 0.356 e. The highest BCUT2D eigenvalue weighted by Gasteiger charge is 2.23. The van der Waals surface area contributed by atoms with Gasteiger partial charge in [-0.05, 0) is 31.6 Å². The van der Waals surface area contributed by atoms with Gasteiger partial charge in [0.15, 0.2) is 11.5 Å².